The molecule has 7 nitrogen and oxygen atoms in total. The average Bonchev–Trinajstić information content (AvgIpc) is 2.79. The van der Waals surface area contributed by atoms with E-state index in [1.165, 1.54) is 12.8 Å². The van der Waals surface area contributed by atoms with Gasteiger partial charge in [-0.3, -0.25) is 9.69 Å². The maximum atomic E-state index is 13.6. The molecule has 1 fully saturated rings. The Labute approximate surface area is 209 Å². The number of aryl methyl sites for hydroxylation is 2. The van der Waals surface area contributed by atoms with Crippen LogP contribution >= 0.6 is 15.9 Å². The summed E-state index contributed by atoms with van der Waals surface area (Å²) >= 11 is 3.44. The van der Waals surface area contributed by atoms with E-state index < -0.39 is 17.7 Å². The zero-order chi connectivity index (χ0) is 24.5. The Morgan fingerprint density at radius 2 is 2.03 bits per heavy atom. The number of fused-ring (bicyclic) bond motifs is 1. The van der Waals surface area contributed by atoms with Gasteiger partial charge in [-0.2, -0.15) is 0 Å². The summed E-state index contributed by atoms with van der Waals surface area (Å²) in [6, 6.07) is 10.0. The third-order valence-electron chi connectivity index (χ3n) is 6.87. The number of carbonyl (C=O) groups excluding carboxylic acids is 2. The van der Waals surface area contributed by atoms with E-state index in [0.717, 1.165) is 42.1 Å². The standard InChI is InChI=1S/C26H33BrN4O3/c1-17-6-4-12-30(16-17)13-5-11-28-24(32)26(34)22-15-20(27)8-10-23(22)29-25(33)31(26)21-9-7-18(2)19(3)14-21/h7-10,14-15,17,34H,4-6,11-13,16H2,1-3H3,(H,28,32)(H,29,33)/t17-,26+/m0/s1. The number of aliphatic hydroxyl groups is 1. The van der Waals surface area contributed by atoms with Gasteiger partial charge in [-0.05, 0) is 93.6 Å². The molecule has 2 atom stereocenters. The van der Waals surface area contributed by atoms with E-state index in [9.17, 15) is 14.7 Å². The smallest absolute Gasteiger partial charge is 0.329 e. The highest BCUT2D eigenvalue weighted by Crippen LogP contribution is 2.41. The van der Waals surface area contributed by atoms with E-state index >= 15 is 0 Å². The van der Waals surface area contributed by atoms with Crippen LogP contribution in [0.4, 0.5) is 16.2 Å². The second-order valence-corrected chi connectivity index (χ2v) is 10.5. The highest BCUT2D eigenvalue weighted by Gasteiger charge is 2.52. The minimum absolute atomic E-state index is 0.321. The van der Waals surface area contributed by atoms with Gasteiger partial charge < -0.3 is 20.6 Å². The molecule has 2 aliphatic rings. The molecule has 0 unspecified atom stereocenters. The molecule has 0 spiro atoms. The van der Waals surface area contributed by atoms with Crippen LogP contribution in [0.5, 0.6) is 0 Å². The summed E-state index contributed by atoms with van der Waals surface area (Å²) < 4.78 is 0.702. The van der Waals surface area contributed by atoms with Crippen LogP contribution in [0.15, 0.2) is 40.9 Å². The van der Waals surface area contributed by atoms with Gasteiger partial charge in [0.05, 0.1) is 5.69 Å². The van der Waals surface area contributed by atoms with Crippen LogP contribution in [-0.2, 0) is 10.5 Å². The van der Waals surface area contributed by atoms with Crippen molar-refractivity contribution in [2.24, 2.45) is 5.92 Å². The van der Waals surface area contributed by atoms with E-state index in [4.69, 9.17) is 0 Å². The lowest BCUT2D eigenvalue weighted by Gasteiger charge is -2.43. The van der Waals surface area contributed by atoms with Crippen LogP contribution in [0.2, 0.25) is 0 Å². The Kier molecular flexibility index (Phi) is 7.31. The molecule has 0 bridgehead atoms. The summed E-state index contributed by atoms with van der Waals surface area (Å²) in [5.41, 5.74) is 1.01. The van der Waals surface area contributed by atoms with Crippen molar-refractivity contribution in [3.8, 4) is 0 Å². The largest absolute Gasteiger partial charge is 0.359 e. The molecule has 2 aliphatic heterocycles. The number of piperidine rings is 1. The first-order valence-corrected chi connectivity index (χ1v) is 12.7. The Morgan fingerprint density at radius 3 is 2.76 bits per heavy atom. The fraction of sp³-hybridized carbons (Fsp3) is 0.462. The summed E-state index contributed by atoms with van der Waals surface area (Å²) in [7, 11) is 0. The number of halogens is 1. The van der Waals surface area contributed by atoms with E-state index in [-0.39, 0.29) is 0 Å². The van der Waals surface area contributed by atoms with Crippen molar-refractivity contribution in [1.29, 1.82) is 0 Å². The van der Waals surface area contributed by atoms with Crippen LogP contribution in [0, 0.1) is 19.8 Å². The first kappa shape index (κ1) is 24.7. The molecule has 0 aromatic heterocycles. The predicted molar refractivity (Wildman–Crippen MR) is 138 cm³/mol. The maximum absolute atomic E-state index is 13.6. The fourth-order valence-electron chi connectivity index (χ4n) is 4.86. The minimum Gasteiger partial charge on any atom is -0.359 e. The monoisotopic (exact) mass is 528 g/mol. The zero-order valence-corrected chi connectivity index (χ0v) is 21.6. The van der Waals surface area contributed by atoms with E-state index in [2.05, 4.69) is 38.4 Å². The Morgan fingerprint density at radius 1 is 1.24 bits per heavy atom. The van der Waals surface area contributed by atoms with Gasteiger partial charge in [0.15, 0.2) is 0 Å². The molecule has 1 saturated heterocycles. The summed E-state index contributed by atoms with van der Waals surface area (Å²) in [5, 5.41) is 17.7. The Bertz CT molecular complexity index is 1090. The zero-order valence-electron chi connectivity index (χ0n) is 20.0. The highest BCUT2D eigenvalue weighted by molar-refractivity contribution is 9.10. The second kappa shape index (κ2) is 10.1. The quantitative estimate of drug-likeness (QED) is 0.482. The number of carbonyl (C=O) groups is 2. The van der Waals surface area contributed by atoms with E-state index in [1.54, 1.807) is 24.3 Å². The van der Waals surface area contributed by atoms with Gasteiger partial charge in [0.2, 0.25) is 0 Å². The fourth-order valence-corrected chi connectivity index (χ4v) is 5.22. The molecule has 2 heterocycles. The van der Waals surface area contributed by atoms with Gasteiger partial charge in [0.25, 0.3) is 11.6 Å². The Hall–Kier alpha value is -2.42. The van der Waals surface area contributed by atoms with Crippen molar-refractivity contribution in [2.75, 3.05) is 36.4 Å². The number of urea groups is 1. The first-order chi connectivity index (χ1) is 16.2. The molecule has 4 rings (SSSR count). The summed E-state index contributed by atoms with van der Waals surface area (Å²) in [6.07, 6.45) is 3.25. The van der Waals surface area contributed by atoms with Crippen molar-refractivity contribution in [3.05, 3.63) is 57.6 Å². The number of anilines is 2. The summed E-state index contributed by atoms with van der Waals surface area (Å²) in [4.78, 5) is 30.3. The molecule has 34 heavy (non-hydrogen) atoms. The van der Waals surface area contributed by atoms with Gasteiger partial charge in [-0.15, -0.1) is 0 Å². The minimum atomic E-state index is -2.19. The van der Waals surface area contributed by atoms with Crippen LogP contribution in [0.3, 0.4) is 0 Å². The molecule has 2 aromatic rings. The molecule has 3 amide bonds. The van der Waals surface area contributed by atoms with E-state index in [0.29, 0.717) is 33.9 Å². The van der Waals surface area contributed by atoms with Crippen molar-refractivity contribution >= 4 is 39.2 Å². The number of nitrogens with zero attached hydrogens (tertiary/aromatic N) is 2. The Balaban J connectivity index is 1.59. The van der Waals surface area contributed by atoms with E-state index in [1.807, 2.05) is 26.0 Å². The van der Waals surface area contributed by atoms with Crippen LogP contribution in [0.1, 0.15) is 42.9 Å². The van der Waals surface area contributed by atoms with Gasteiger partial charge >= 0.3 is 6.03 Å². The molecule has 8 heteroatoms. The number of benzene rings is 2. The average molecular weight is 529 g/mol. The number of nitrogens with one attached hydrogen (secondary N) is 2. The number of hydrogen-bond acceptors (Lipinski definition) is 4. The van der Waals surface area contributed by atoms with Gasteiger partial charge in [0, 0.05) is 28.8 Å². The van der Waals surface area contributed by atoms with Crippen LogP contribution < -0.4 is 15.5 Å². The van der Waals surface area contributed by atoms with Crippen LogP contribution in [-0.4, -0.2) is 48.1 Å². The maximum Gasteiger partial charge on any atom is 0.329 e. The van der Waals surface area contributed by atoms with Gasteiger partial charge in [-0.25, -0.2) is 4.79 Å². The lowest BCUT2D eigenvalue weighted by Crippen LogP contribution is -2.62. The van der Waals surface area contributed by atoms with Gasteiger partial charge in [-0.1, -0.05) is 28.9 Å². The number of likely N-dealkylation sites (tertiary alicyclic amines) is 1. The van der Waals surface area contributed by atoms with Gasteiger partial charge in [0.1, 0.15) is 0 Å². The summed E-state index contributed by atoms with van der Waals surface area (Å²) in [6.45, 7) is 9.67. The predicted octanol–water partition coefficient (Wildman–Crippen LogP) is 4.50. The third kappa shape index (κ3) is 4.85. The highest BCUT2D eigenvalue weighted by atomic mass is 79.9. The van der Waals surface area contributed by atoms with Crippen molar-refractivity contribution in [1.82, 2.24) is 10.2 Å². The lowest BCUT2D eigenvalue weighted by atomic mass is 9.94. The first-order valence-electron chi connectivity index (χ1n) is 11.9. The van der Waals surface area contributed by atoms with Crippen LogP contribution in [0.25, 0.3) is 0 Å². The number of rotatable bonds is 6. The molecule has 0 radical (unpaired) electrons. The number of hydrogen-bond donors (Lipinski definition) is 3. The lowest BCUT2D eigenvalue weighted by molar-refractivity contribution is -0.140. The van der Waals surface area contributed by atoms with Crippen molar-refractivity contribution in [2.45, 2.75) is 45.8 Å². The molecular weight excluding hydrogens is 496 g/mol. The normalized spacial score (nSPS) is 22.8. The summed E-state index contributed by atoms with van der Waals surface area (Å²) in [5.74, 6) is 0.0817. The second-order valence-electron chi connectivity index (χ2n) is 9.55. The molecule has 182 valence electrons. The molecular formula is C26H33BrN4O3. The molecule has 0 saturated carbocycles. The topological polar surface area (TPSA) is 84.9 Å². The molecule has 3 N–H and O–H groups in total. The molecule has 2 aromatic carbocycles. The number of amides is 3. The third-order valence-corrected chi connectivity index (χ3v) is 7.36. The SMILES string of the molecule is Cc1ccc(N2C(=O)Nc3ccc(Br)cc3[C@@]2(O)C(=O)NCCCN2CCC[C@H](C)C2)cc1C. The molecule has 0 aliphatic carbocycles. The van der Waals surface area contributed by atoms with Crippen molar-refractivity contribution in [3.63, 3.8) is 0 Å². The van der Waals surface area contributed by atoms with Crippen molar-refractivity contribution < 1.29 is 14.7 Å².